The first kappa shape index (κ1) is 16.0. The largest absolute Gasteiger partial charge is 0.497 e. The van der Waals surface area contributed by atoms with Crippen LogP contribution >= 0.6 is 0 Å². The average molecular weight is 353 g/mol. The Hall–Kier alpha value is -3.48. The van der Waals surface area contributed by atoms with Crippen LogP contribution in [0.1, 0.15) is 11.1 Å². The first-order chi connectivity index (χ1) is 12.7. The van der Waals surface area contributed by atoms with Gasteiger partial charge in [-0.05, 0) is 35.9 Å². The molecule has 132 valence electrons. The lowest BCUT2D eigenvalue weighted by Gasteiger charge is -2.07. The van der Waals surface area contributed by atoms with Gasteiger partial charge in [-0.15, -0.1) is 0 Å². The van der Waals surface area contributed by atoms with Crippen molar-refractivity contribution in [1.82, 2.24) is 0 Å². The molecule has 26 heavy (non-hydrogen) atoms. The number of esters is 1. The summed E-state index contributed by atoms with van der Waals surface area (Å²) in [4.78, 5) is 16.5. The van der Waals surface area contributed by atoms with Crippen LogP contribution in [0.25, 0.3) is 6.08 Å². The molecule has 2 aromatic rings. The number of cyclic esters (lactones) is 1. The monoisotopic (exact) mass is 353 g/mol. The van der Waals surface area contributed by atoms with Crippen LogP contribution in [0.3, 0.4) is 0 Å². The van der Waals surface area contributed by atoms with Crippen molar-refractivity contribution in [2.24, 2.45) is 4.99 Å². The minimum Gasteiger partial charge on any atom is -0.497 e. The van der Waals surface area contributed by atoms with Crippen LogP contribution in [0, 0.1) is 0 Å². The van der Waals surface area contributed by atoms with E-state index in [1.54, 1.807) is 50.6 Å². The van der Waals surface area contributed by atoms with Crippen molar-refractivity contribution in [1.29, 1.82) is 0 Å². The summed E-state index contributed by atoms with van der Waals surface area (Å²) in [7, 11) is 3.10. The van der Waals surface area contributed by atoms with E-state index in [2.05, 4.69) is 4.99 Å². The second-order valence-corrected chi connectivity index (χ2v) is 5.55. The fourth-order valence-electron chi connectivity index (χ4n) is 2.62. The van der Waals surface area contributed by atoms with E-state index < -0.39 is 5.97 Å². The molecule has 0 amide bonds. The Bertz CT molecular complexity index is 925. The minimum absolute atomic E-state index is 0.192. The number of rotatable bonds is 4. The predicted molar refractivity (Wildman–Crippen MR) is 92.7 cm³/mol. The number of benzene rings is 2. The van der Waals surface area contributed by atoms with Crippen LogP contribution in [-0.4, -0.2) is 32.9 Å². The molecule has 0 fully saturated rings. The van der Waals surface area contributed by atoms with Gasteiger partial charge in [-0.1, -0.05) is 6.07 Å². The smallest absolute Gasteiger partial charge is 0.363 e. The van der Waals surface area contributed by atoms with E-state index in [9.17, 15) is 4.79 Å². The number of carbonyl (C=O) groups excluding carboxylic acids is 1. The first-order valence-electron chi connectivity index (χ1n) is 7.82. The van der Waals surface area contributed by atoms with Crippen LogP contribution in [0.4, 0.5) is 0 Å². The van der Waals surface area contributed by atoms with Gasteiger partial charge in [0.25, 0.3) is 0 Å². The highest BCUT2D eigenvalue weighted by Gasteiger charge is 2.25. The Kier molecular flexibility index (Phi) is 3.96. The lowest BCUT2D eigenvalue weighted by Crippen LogP contribution is -2.06. The maximum absolute atomic E-state index is 12.2. The summed E-state index contributed by atoms with van der Waals surface area (Å²) < 4.78 is 26.4. The SMILES string of the molecule is COc1cc(OC)cc(C2=N/C(=C/c3ccc4c(c3)OCO4)C(=O)O2)c1. The minimum atomic E-state index is -0.528. The van der Waals surface area contributed by atoms with Crippen LogP contribution in [0.2, 0.25) is 0 Å². The van der Waals surface area contributed by atoms with E-state index in [-0.39, 0.29) is 18.4 Å². The summed E-state index contributed by atoms with van der Waals surface area (Å²) in [5, 5.41) is 0. The third-order valence-electron chi connectivity index (χ3n) is 3.92. The van der Waals surface area contributed by atoms with E-state index in [0.29, 0.717) is 28.6 Å². The lowest BCUT2D eigenvalue weighted by atomic mass is 10.1. The number of hydrogen-bond acceptors (Lipinski definition) is 7. The summed E-state index contributed by atoms with van der Waals surface area (Å²) >= 11 is 0. The molecule has 0 spiro atoms. The third-order valence-corrected chi connectivity index (χ3v) is 3.92. The lowest BCUT2D eigenvalue weighted by molar-refractivity contribution is -0.129. The molecule has 2 heterocycles. The van der Waals surface area contributed by atoms with Crippen molar-refractivity contribution in [3.05, 3.63) is 53.2 Å². The van der Waals surface area contributed by atoms with Gasteiger partial charge in [0.05, 0.1) is 14.2 Å². The second kappa shape index (κ2) is 6.44. The number of aliphatic imine (C=N–C) groups is 1. The molecular weight excluding hydrogens is 338 g/mol. The zero-order valence-corrected chi connectivity index (χ0v) is 14.1. The van der Waals surface area contributed by atoms with Crippen molar-refractivity contribution in [3.8, 4) is 23.0 Å². The molecule has 0 atom stereocenters. The average Bonchev–Trinajstić information content (AvgIpc) is 3.27. The highest BCUT2D eigenvalue weighted by atomic mass is 16.7. The summed E-state index contributed by atoms with van der Waals surface area (Å²) in [5.41, 5.74) is 1.54. The molecule has 2 aliphatic rings. The maximum atomic E-state index is 12.2. The Balaban J connectivity index is 1.67. The Morgan fingerprint density at radius 1 is 1.00 bits per heavy atom. The summed E-state index contributed by atoms with van der Waals surface area (Å²) in [6.45, 7) is 0.192. The van der Waals surface area contributed by atoms with Crippen LogP contribution in [0.15, 0.2) is 47.1 Å². The summed E-state index contributed by atoms with van der Waals surface area (Å²) in [6.07, 6.45) is 1.63. The highest BCUT2D eigenvalue weighted by Crippen LogP contribution is 2.33. The number of fused-ring (bicyclic) bond motifs is 1. The van der Waals surface area contributed by atoms with Crippen LogP contribution < -0.4 is 18.9 Å². The molecule has 7 nitrogen and oxygen atoms in total. The van der Waals surface area contributed by atoms with Gasteiger partial charge >= 0.3 is 5.97 Å². The Morgan fingerprint density at radius 2 is 1.73 bits per heavy atom. The van der Waals surface area contributed by atoms with Gasteiger partial charge in [0.1, 0.15) is 11.5 Å². The molecule has 0 radical (unpaired) electrons. The number of hydrogen-bond donors (Lipinski definition) is 0. The van der Waals surface area contributed by atoms with Gasteiger partial charge in [-0.25, -0.2) is 9.79 Å². The fourth-order valence-corrected chi connectivity index (χ4v) is 2.62. The van der Waals surface area contributed by atoms with Gasteiger partial charge in [0.2, 0.25) is 12.7 Å². The molecule has 2 aliphatic heterocycles. The molecule has 0 saturated heterocycles. The van der Waals surface area contributed by atoms with E-state index in [1.165, 1.54) is 0 Å². The van der Waals surface area contributed by atoms with E-state index >= 15 is 0 Å². The van der Waals surface area contributed by atoms with Crippen molar-refractivity contribution in [2.75, 3.05) is 21.0 Å². The molecule has 2 aromatic carbocycles. The summed E-state index contributed by atoms with van der Waals surface area (Å²) in [5.74, 6) is 2.12. The number of methoxy groups -OCH3 is 2. The highest BCUT2D eigenvalue weighted by molar-refractivity contribution is 6.13. The Labute approximate surface area is 149 Å². The predicted octanol–water partition coefficient (Wildman–Crippen LogP) is 2.78. The van der Waals surface area contributed by atoms with Gasteiger partial charge < -0.3 is 23.7 Å². The van der Waals surface area contributed by atoms with Crippen molar-refractivity contribution in [3.63, 3.8) is 0 Å². The van der Waals surface area contributed by atoms with Crippen LogP contribution in [0.5, 0.6) is 23.0 Å². The van der Waals surface area contributed by atoms with Gasteiger partial charge in [0, 0.05) is 11.6 Å². The van der Waals surface area contributed by atoms with Gasteiger partial charge in [-0.3, -0.25) is 0 Å². The first-order valence-corrected chi connectivity index (χ1v) is 7.82. The van der Waals surface area contributed by atoms with Gasteiger partial charge in [-0.2, -0.15) is 0 Å². The number of ether oxygens (including phenoxy) is 5. The standard InChI is InChI=1S/C19H15NO6/c1-22-13-7-12(8-14(9-13)23-2)18-20-15(19(21)26-18)5-11-3-4-16-17(6-11)25-10-24-16/h3-9H,10H2,1-2H3/b15-5+. The Morgan fingerprint density at radius 3 is 2.46 bits per heavy atom. The number of nitrogens with zero attached hydrogens (tertiary/aromatic N) is 1. The van der Waals surface area contributed by atoms with Crippen molar-refractivity contribution < 1.29 is 28.5 Å². The second-order valence-electron chi connectivity index (χ2n) is 5.55. The molecule has 4 rings (SSSR count). The van der Waals surface area contributed by atoms with Crippen molar-refractivity contribution in [2.45, 2.75) is 0 Å². The normalized spacial score (nSPS) is 16.5. The fraction of sp³-hybridized carbons (Fsp3) is 0.158. The molecule has 0 N–H and O–H groups in total. The third kappa shape index (κ3) is 2.95. The molecule has 0 bridgehead atoms. The van der Waals surface area contributed by atoms with E-state index in [4.69, 9.17) is 23.7 Å². The molecule has 0 aliphatic carbocycles. The number of carbonyl (C=O) groups is 1. The van der Waals surface area contributed by atoms with Gasteiger partial charge in [0.15, 0.2) is 17.2 Å². The molecule has 0 saturated carbocycles. The summed E-state index contributed by atoms with van der Waals surface area (Å²) in [6, 6.07) is 10.5. The van der Waals surface area contributed by atoms with E-state index in [0.717, 1.165) is 5.56 Å². The molecule has 0 aromatic heterocycles. The van der Waals surface area contributed by atoms with Crippen LogP contribution in [-0.2, 0) is 9.53 Å². The van der Waals surface area contributed by atoms with E-state index in [1.807, 2.05) is 6.07 Å². The van der Waals surface area contributed by atoms with Crippen molar-refractivity contribution >= 4 is 17.9 Å². The zero-order chi connectivity index (χ0) is 18.1. The molecular formula is C19H15NO6. The maximum Gasteiger partial charge on any atom is 0.363 e. The quantitative estimate of drug-likeness (QED) is 0.621. The molecule has 0 unspecified atom stereocenters. The molecule has 7 heteroatoms. The zero-order valence-electron chi connectivity index (χ0n) is 14.1. The topological polar surface area (TPSA) is 75.6 Å².